The van der Waals surface area contributed by atoms with E-state index in [9.17, 15) is 14.4 Å². The van der Waals surface area contributed by atoms with Crippen LogP contribution in [0.3, 0.4) is 0 Å². The molecule has 2 rings (SSSR count). The maximum Gasteiger partial charge on any atom is 0.323 e. The first-order chi connectivity index (χ1) is 13.5. The predicted octanol–water partition coefficient (Wildman–Crippen LogP) is 1.39. The second-order valence-electron chi connectivity index (χ2n) is 6.11. The van der Waals surface area contributed by atoms with Crippen molar-refractivity contribution >= 4 is 23.5 Å². The zero-order valence-corrected chi connectivity index (χ0v) is 15.5. The Morgan fingerprint density at radius 2 is 1.71 bits per heavy atom. The van der Waals surface area contributed by atoms with Gasteiger partial charge in [0.25, 0.3) is 5.91 Å². The van der Waals surface area contributed by atoms with E-state index in [-0.39, 0.29) is 5.97 Å². The minimum absolute atomic E-state index is 0.358. The summed E-state index contributed by atoms with van der Waals surface area (Å²) in [6.07, 6.45) is 0.000674. The van der Waals surface area contributed by atoms with Gasteiger partial charge in [0.05, 0.1) is 7.11 Å². The Bertz CT molecular complexity index is 810. The molecule has 8 nitrogen and oxygen atoms in total. The fourth-order valence-electron chi connectivity index (χ4n) is 2.62. The lowest BCUT2D eigenvalue weighted by atomic mass is 10.1. The van der Waals surface area contributed by atoms with E-state index in [0.29, 0.717) is 18.7 Å². The molecule has 4 N–H and O–H groups in total. The molecule has 0 fully saturated rings. The van der Waals surface area contributed by atoms with E-state index >= 15 is 0 Å². The van der Waals surface area contributed by atoms with E-state index in [1.54, 1.807) is 18.2 Å². The number of hydrogen-bond acceptors (Lipinski definition) is 6. The number of carbonyl (C=O) groups is 3. The Hall–Kier alpha value is -3.23. The number of esters is 1. The lowest BCUT2D eigenvalue weighted by Crippen LogP contribution is -2.39. The lowest BCUT2D eigenvalue weighted by molar-refractivity contribution is -0.143. The van der Waals surface area contributed by atoms with Crippen LogP contribution in [0, 0.1) is 0 Å². The van der Waals surface area contributed by atoms with Gasteiger partial charge in [-0.1, -0.05) is 42.5 Å². The zero-order chi connectivity index (χ0) is 20.4. The van der Waals surface area contributed by atoms with Gasteiger partial charge in [0.1, 0.15) is 12.5 Å². The average molecular weight is 385 g/mol. The van der Waals surface area contributed by atoms with Crippen molar-refractivity contribution in [3.05, 3.63) is 65.7 Å². The number of amides is 2. The molecule has 148 valence electrons. The highest BCUT2D eigenvalue weighted by Gasteiger charge is 2.19. The van der Waals surface area contributed by atoms with Crippen LogP contribution < -0.4 is 16.1 Å². The van der Waals surface area contributed by atoms with Gasteiger partial charge in [-0.05, 0) is 29.7 Å². The first kappa shape index (κ1) is 21.1. The highest BCUT2D eigenvalue weighted by molar-refractivity contribution is 6.03. The van der Waals surface area contributed by atoms with Crippen molar-refractivity contribution in [2.75, 3.05) is 12.4 Å². The number of hydrogen-bond donors (Lipinski definition) is 4. The van der Waals surface area contributed by atoms with Gasteiger partial charge in [0.15, 0.2) is 0 Å². The molecule has 0 aliphatic carbocycles. The van der Waals surface area contributed by atoms with E-state index in [1.807, 2.05) is 36.4 Å². The monoisotopic (exact) mass is 385 g/mol. The number of methoxy groups -OCH3 is 1. The van der Waals surface area contributed by atoms with E-state index < -0.39 is 24.3 Å². The molecule has 0 aliphatic rings. The first-order valence-electron chi connectivity index (χ1n) is 8.68. The van der Waals surface area contributed by atoms with Crippen LogP contribution in [-0.2, 0) is 32.1 Å². The van der Waals surface area contributed by atoms with Crippen LogP contribution in [-0.4, -0.2) is 36.1 Å². The molecule has 0 bridgehead atoms. The summed E-state index contributed by atoms with van der Waals surface area (Å²) in [6, 6.07) is 16.1. The molecule has 0 radical (unpaired) electrons. The molecule has 0 saturated heterocycles. The SMILES string of the molecule is COC(=O)[C@H](Cc1ccccc1)NCc1cccc(NC(=O)CC(=O)NO)c1. The zero-order valence-electron chi connectivity index (χ0n) is 15.5. The summed E-state index contributed by atoms with van der Waals surface area (Å²) >= 11 is 0. The molecular weight excluding hydrogens is 362 g/mol. The number of anilines is 1. The molecule has 0 unspecified atom stereocenters. The summed E-state index contributed by atoms with van der Waals surface area (Å²) in [5.41, 5.74) is 3.76. The number of carbonyl (C=O) groups excluding carboxylic acids is 3. The standard InChI is InChI=1S/C20H23N3O5/c1-28-20(26)17(11-14-6-3-2-4-7-14)21-13-15-8-5-9-16(10-15)22-18(24)12-19(25)23-27/h2-10,17,21,27H,11-13H2,1H3,(H,22,24)(H,23,25)/t17-/m0/s1. The van der Waals surface area contributed by atoms with Gasteiger partial charge >= 0.3 is 5.97 Å². The maximum atomic E-state index is 12.1. The van der Waals surface area contributed by atoms with Crippen molar-refractivity contribution in [3.8, 4) is 0 Å². The van der Waals surface area contributed by atoms with Gasteiger partial charge < -0.3 is 15.4 Å². The van der Waals surface area contributed by atoms with E-state index in [1.165, 1.54) is 12.6 Å². The normalized spacial score (nSPS) is 11.4. The Morgan fingerprint density at radius 3 is 2.39 bits per heavy atom. The van der Waals surface area contributed by atoms with Crippen molar-refractivity contribution in [1.29, 1.82) is 0 Å². The quantitative estimate of drug-likeness (QED) is 0.224. The fraction of sp³-hybridized carbons (Fsp3) is 0.250. The molecule has 0 aromatic heterocycles. The first-order valence-corrected chi connectivity index (χ1v) is 8.68. The number of hydroxylamine groups is 1. The van der Waals surface area contributed by atoms with Gasteiger partial charge in [-0.15, -0.1) is 0 Å². The third kappa shape index (κ3) is 6.82. The van der Waals surface area contributed by atoms with Crippen LogP contribution in [0.1, 0.15) is 17.5 Å². The van der Waals surface area contributed by atoms with Gasteiger partial charge in [0.2, 0.25) is 5.91 Å². The molecule has 2 aromatic rings. The van der Waals surface area contributed by atoms with Crippen LogP contribution in [0.25, 0.3) is 0 Å². The summed E-state index contributed by atoms with van der Waals surface area (Å²) in [6.45, 7) is 0.382. The van der Waals surface area contributed by atoms with Crippen molar-refractivity contribution in [3.63, 3.8) is 0 Å². The molecule has 2 aromatic carbocycles. The van der Waals surface area contributed by atoms with Crippen LogP contribution in [0.15, 0.2) is 54.6 Å². The molecule has 0 heterocycles. The van der Waals surface area contributed by atoms with Crippen molar-refractivity contribution < 1.29 is 24.3 Å². The average Bonchev–Trinajstić information content (AvgIpc) is 2.71. The van der Waals surface area contributed by atoms with Crippen LogP contribution in [0.5, 0.6) is 0 Å². The van der Waals surface area contributed by atoms with Gasteiger partial charge in [0, 0.05) is 12.2 Å². The van der Waals surface area contributed by atoms with Gasteiger partial charge in [-0.25, -0.2) is 5.48 Å². The molecule has 8 heteroatoms. The topological polar surface area (TPSA) is 117 Å². The second-order valence-corrected chi connectivity index (χ2v) is 6.11. The van der Waals surface area contributed by atoms with Crippen molar-refractivity contribution in [2.45, 2.75) is 25.4 Å². The minimum Gasteiger partial charge on any atom is -0.468 e. The highest BCUT2D eigenvalue weighted by Crippen LogP contribution is 2.12. The second kappa shape index (κ2) is 10.8. The van der Waals surface area contributed by atoms with Gasteiger partial charge in [-0.3, -0.25) is 19.6 Å². The van der Waals surface area contributed by atoms with E-state index in [0.717, 1.165) is 11.1 Å². The summed E-state index contributed by atoms with van der Waals surface area (Å²) < 4.78 is 4.88. The molecule has 2 amide bonds. The summed E-state index contributed by atoms with van der Waals surface area (Å²) in [5, 5.41) is 14.2. The Balaban J connectivity index is 1.98. The fourth-order valence-corrected chi connectivity index (χ4v) is 2.62. The Labute approximate surface area is 162 Å². The maximum absolute atomic E-state index is 12.1. The molecule has 0 saturated carbocycles. The molecular formula is C20H23N3O5. The highest BCUT2D eigenvalue weighted by atomic mass is 16.5. The molecule has 28 heavy (non-hydrogen) atoms. The van der Waals surface area contributed by atoms with E-state index in [2.05, 4.69) is 10.6 Å². The van der Waals surface area contributed by atoms with Crippen molar-refractivity contribution in [1.82, 2.24) is 10.8 Å². The summed E-state index contributed by atoms with van der Waals surface area (Å²) in [5.74, 6) is -1.70. The Morgan fingerprint density at radius 1 is 1.00 bits per heavy atom. The van der Waals surface area contributed by atoms with Crippen LogP contribution in [0.2, 0.25) is 0 Å². The van der Waals surface area contributed by atoms with Crippen LogP contribution in [0.4, 0.5) is 5.69 Å². The van der Waals surface area contributed by atoms with Gasteiger partial charge in [-0.2, -0.15) is 0 Å². The lowest BCUT2D eigenvalue weighted by Gasteiger charge is -2.17. The predicted molar refractivity (Wildman–Crippen MR) is 102 cm³/mol. The third-order valence-corrected chi connectivity index (χ3v) is 3.98. The number of nitrogens with one attached hydrogen (secondary N) is 3. The molecule has 0 spiro atoms. The largest absolute Gasteiger partial charge is 0.468 e. The Kier molecular flexibility index (Phi) is 8.13. The minimum atomic E-state index is -0.794. The van der Waals surface area contributed by atoms with Crippen molar-refractivity contribution in [2.24, 2.45) is 0 Å². The van der Waals surface area contributed by atoms with Crippen LogP contribution >= 0.6 is 0 Å². The van der Waals surface area contributed by atoms with E-state index in [4.69, 9.17) is 9.94 Å². The number of ether oxygens (including phenoxy) is 1. The molecule has 0 aliphatic heterocycles. The molecule has 1 atom stereocenters. The number of benzene rings is 2. The smallest absolute Gasteiger partial charge is 0.323 e. The third-order valence-electron chi connectivity index (χ3n) is 3.98. The number of rotatable bonds is 9. The summed E-state index contributed by atoms with van der Waals surface area (Å²) in [4.78, 5) is 34.8. The summed E-state index contributed by atoms with van der Waals surface area (Å²) in [7, 11) is 1.35.